The Hall–Kier alpha value is 1.07. The zero-order valence-electron chi connectivity index (χ0n) is 13.4. The second kappa shape index (κ2) is 9.26. The fraction of sp³-hybridized carbons (Fsp3) is 1.00. The van der Waals surface area contributed by atoms with Crippen LogP contribution in [0, 0.1) is 0 Å². The number of hydrogen-bond acceptors (Lipinski definition) is 0. The molecule has 0 aromatic carbocycles. The summed E-state index contributed by atoms with van der Waals surface area (Å²) in [4.78, 5) is 0. The van der Waals surface area contributed by atoms with Crippen LogP contribution in [0.3, 0.4) is 0 Å². The van der Waals surface area contributed by atoms with Gasteiger partial charge in [0.05, 0.1) is 0 Å². The van der Waals surface area contributed by atoms with Crippen molar-refractivity contribution in [3.05, 3.63) is 0 Å². The molecular weight excluding hydrogens is 317 g/mol. The Bertz CT molecular complexity index is 207. The average molecular weight is 350 g/mol. The molecule has 0 unspecified atom stereocenters. The molecule has 0 aromatic heterocycles. The van der Waals surface area contributed by atoms with E-state index in [1.54, 1.807) is 77.0 Å². The van der Waals surface area contributed by atoms with Gasteiger partial charge in [-0.25, -0.2) is 0 Å². The van der Waals surface area contributed by atoms with E-state index in [0.717, 1.165) is 0 Å². The normalized spacial score (nSPS) is 27.4. The second-order valence-corrected chi connectivity index (χ2v) is 10.4. The molecular formula is C18H33GaP. The van der Waals surface area contributed by atoms with Gasteiger partial charge in [-0.2, -0.15) is 0 Å². The summed E-state index contributed by atoms with van der Waals surface area (Å²) in [5.41, 5.74) is 3.57. The third kappa shape index (κ3) is 4.53. The molecule has 3 fully saturated rings. The van der Waals surface area contributed by atoms with Crippen molar-refractivity contribution in [2.75, 3.05) is 0 Å². The van der Waals surface area contributed by atoms with Crippen LogP contribution in [0.2, 0.25) is 0 Å². The van der Waals surface area contributed by atoms with Gasteiger partial charge in [0.1, 0.15) is 0 Å². The van der Waals surface area contributed by atoms with E-state index in [0.29, 0.717) is 7.92 Å². The minimum absolute atomic E-state index is 0. The maximum Gasteiger partial charge on any atom is 0 e. The van der Waals surface area contributed by atoms with E-state index in [4.69, 9.17) is 0 Å². The first-order valence-electron chi connectivity index (χ1n) is 9.22. The number of rotatable bonds is 3. The molecule has 0 N–H and O–H groups in total. The molecule has 0 nitrogen and oxygen atoms in total. The molecule has 20 heavy (non-hydrogen) atoms. The Morgan fingerprint density at radius 3 is 0.900 bits per heavy atom. The van der Waals surface area contributed by atoms with Crippen molar-refractivity contribution in [3.8, 4) is 0 Å². The van der Waals surface area contributed by atoms with Crippen molar-refractivity contribution in [1.29, 1.82) is 0 Å². The molecule has 3 saturated carbocycles. The zero-order valence-corrected chi connectivity index (χ0v) is 16.7. The molecule has 0 heterocycles. The van der Waals surface area contributed by atoms with Crippen molar-refractivity contribution < 1.29 is 0 Å². The van der Waals surface area contributed by atoms with Gasteiger partial charge in [0.15, 0.2) is 0 Å². The fourth-order valence-corrected chi connectivity index (χ4v) is 9.71. The first-order chi connectivity index (χ1) is 9.45. The summed E-state index contributed by atoms with van der Waals surface area (Å²) in [6.45, 7) is 0. The summed E-state index contributed by atoms with van der Waals surface area (Å²) in [5.74, 6) is 0. The Balaban J connectivity index is 0.00000147. The molecule has 0 bridgehead atoms. The predicted octanol–water partition coefficient (Wildman–Crippen LogP) is 6.09. The summed E-state index contributed by atoms with van der Waals surface area (Å²) in [5, 5.41) is 0. The first-order valence-corrected chi connectivity index (χ1v) is 10.8. The first kappa shape index (κ1) is 17.4. The van der Waals surface area contributed by atoms with E-state index >= 15 is 0 Å². The SMILES string of the molecule is C1CCC(P(C2CCCCC2)C2CCCCC2)CC1.[Ga]. The Labute approximate surface area is 141 Å². The van der Waals surface area contributed by atoms with Crippen LogP contribution in [-0.4, -0.2) is 36.8 Å². The summed E-state index contributed by atoms with van der Waals surface area (Å²) in [6.07, 6.45) is 23.6. The van der Waals surface area contributed by atoms with Gasteiger partial charge in [0.2, 0.25) is 0 Å². The van der Waals surface area contributed by atoms with Crippen molar-refractivity contribution >= 4 is 27.7 Å². The van der Waals surface area contributed by atoms with Crippen molar-refractivity contribution in [2.45, 2.75) is 113 Å². The molecule has 0 amide bonds. The van der Waals surface area contributed by atoms with Gasteiger partial charge in [-0.15, -0.1) is 0 Å². The molecule has 3 aliphatic carbocycles. The van der Waals surface area contributed by atoms with Gasteiger partial charge in [0.25, 0.3) is 0 Å². The van der Waals surface area contributed by atoms with Crippen LogP contribution in [0.15, 0.2) is 0 Å². The van der Waals surface area contributed by atoms with E-state index in [9.17, 15) is 0 Å². The minimum Gasteiger partial charge on any atom is -0.0971 e. The Morgan fingerprint density at radius 2 is 0.650 bits per heavy atom. The van der Waals surface area contributed by atoms with Crippen LogP contribution in [0.25, 0.3) is 0 Å². The smallest absolute Gasteiger partial charge is 0 e. The predicted molar refractivity (Wildman–Crippen MR) is 93.3 cm³/mol. The molecule has 0 spiro atoms. The van der Waals surface area contributed by atoms with Crippen molar-refractivity contribution in [2.24, 2.45) is 0 Å². The Morgan fingerprint density at radius 1 is 0.400 bits per heavy atom. The van der Waals surface area contributed by atoms with E-state index in [1.807, 2.05) is 0 Å². The zero-order chi connectivity index (χ0) is 12.9. The quantitative estimate of drug-likeness (QED) is 0.427. The van der Waals surface area contributed by atoms with Gasteiger partial charge in [-0.05, 0) is 55.5 Å². The topological polar surface area (TPSA) is 0 Å². The molecule has 0 saturated heterocycles. The van der Waals surface area contributed by atoms with Gasteiger partial charge >= 0.3 is 0 Å². The van der Waals surface area contributed by atoms with Crippen LogP contribution in [0.4, 0.5) is 0 Å². The summed E-state index contributed by atoms with van der Waals surface area (Å²) >= 11 is 0. The maximum absolute atomic E-state index is 1.61. The van der Waals surface area contributed by atoms with E-state index < -0.39 is 0 Å². The summed E-state index contributed by atoms with van der Waals surface area (Å²) < 4.78 is 0. The van der Waals surface area contributed by atoms with Crippen LogP contribution in [0.5, 0.6) is 0 Å². The van der Waals surface area contributed by atoms with Crippen LogP contribution >= 0.6 is 7.92 Å². The van der Waals surface area contributed by atoms with E-state index in [-0.39, 0.29) is 19.8 Å². The fourth-order valence-electron chi connectivity index (χ4n) is 5.03. The monoisotopic (exact) mass is 349 g/mol. The third-order valence-corrected chi connectivity index (χ3v) is 10.1. The Kier molecular flexibility index (Phi) is 8.07. The summed E-state index contributed by atoms with van der Waals surface area (Å²) in [6, 6.07) is 0. The van der Waals surface area contributed by atoms with Gasteiger partial charge in [-0.3, -0.25) is 0 Å². The minimum atomic E-state index is 0. The number of hydrogen-bond donors (Lipinski definition) is 0. The maximum atomic E-state index is 1.61. The summed E-state index contributed by atoms with van der Waals surface area (Å²) in [7, 11) is 0.385. The molecule has 0 aromatic rings. The molecule has 113 valence electrons. The standard InChI is InChI=1S/C18H33P.Ga/c1-4-10-16(11-5-1)19(17-12-6-2-7-13-17)18-14-8-3-9-15-18;/h16-18H,1-15H2;. The second-order valence-electron chi connectivity index (χ2n) is 7.32. The average Bonchev–Trinajstić information content (AvgIpc) is 2.51. The van der Waals surface area contributed by atoms with E-state index in [2.05, 4.69) is 0 Å². The van der Waals surface area contributed by atoms with Crippen molar-refractivity contribution in [1.82, 2.24) is 0 Å². The molecule has 3 radical (unpaired) electrons. The largest absolute Gasteiger partial charge is 0.0971 e. The van der Waals surface area contributed by atoms with Crippen LogP contribution in [0.1, 0.15) is 96.3 Å². The molecule has 3 rings (SSSR count). The van der Waals surface area contributed by atoms with Gasteiger partial charge in [0, 0.05) is 19.8 Å². The third-order valence-electron chi connectivity index (χ3n) is 5.99. The van der Waals surface area contributed by atoms with Gasteiger partial charge < -0.3 is 0 Å². The van der Waals surface area contributed by atoms with Crippen LogP contribution in [-0.2, 0) is 0 Å². The van der Waals surface area contributed by atoms with Gasteiger partial charge in [-0.1, -0.05) is 65.7 Å². The molecule has 0 aliphatic heterocycles. The molecule has 0 atom stereocenters. The molecule has 2 heteroatoms. The van der Waals surface area contributed by atoms with Crippen molar-refractivity contribution in [3.63, 3.8) is 0 Å². The van der Waals surface area contributed by atoms with E-state index in [1.165, 1.54) is 36.2 Å². The molecule has 3 aliphatic rings. The van der Waals surface area contributed by atoms with Crippen LogP contribution < -0.4 is 0 Å².